The Morgan fingerprint density at radius 1 is 1.38 bits per heavy atom. The molecule has 0 saturated heterocycles. The highest BCUT2D eigenvalue weighted by Gasteiger charge is 1.99. The predicted octanol–water partition coefficient (Wildman–Crippen LogP) is 2.47. The maximum Gasteiger partial charge on any atom is 0.0453 e. The summed E-state index contributed by atoms with van der Waals surface area (Å²) in [4.78, 5) is 1.13. The third-order valence-electron chi connectivity index (χ3n) is 1.58. The molecule has 0 heterocycles. The first-order valence-corrected chi connectivity index (χ1v) is 5.90. The molecule has 2 nitrogen and oxygen atoms in total. The lowest BCUT2D eigenvalue weighted by Crippen LogP contribution is -1.99. The lowest BCUT2D eigenvalue weighted by atomic mass is 10.3. The van der Waals surface area contributed by atoms with Gasteiger partial charge in [0.1, 0.15) is 0 Å². The molecule has 4 heteroatoms. The third kappa shape index (κ3) is 3.58. The summed E-state index contributed by atoms with van der Waals surface area (Å²) in [6.45, 7) is 0.737. The monoisotopic (exact) mass is 260 g/mol. The Balaban J connectivity index is 2.59. The van der Waals surface area contributed by atoms with Crippen LogP contribution in [-0.2, 0) is 0 Å². The Bertz CT molecular complexity index is 278. The van der Waals surface area contributed by atoms with Crippen LogP contribution in [0.2, 0.25) is 0 Å². The fourth-order valence-corrected chi connectivity index (χ4v) is 2.39. The number of hydrogen-bond acceptors (Lipinski definition) is 3. The van der Waals surface area contributed by atoms with Gasteiger partial charge in [0.25, 0.3) is 0 Å². The number of rotatable bonds is 4. The molecular weight excluding hydrogens is 248 g/mol. The van der Waals surface area contributed by atoms with Crippen LogP contribution >= 0.6 is 27.7 Å². The van der Waals surface area contributed by atoms with E-state index in [2.05, 4.69) is 15.9 Å². The van der Waals surface area contributed by atoms with Gasteiger partial charge in [-0.1, -0.05) is 15.9 Å². The summed E-state index contributed by atoms with van der Waals surface area (Å²) < 4.78 is 1.07. The number of anilines is 1. The minimum atomic E-state index is 0.737. The summed E-state index contributed by atoms with van der Waals surface area (Å²) in [6.07, 6.45) is 1.02. The molecule has 0 fully saturated rings. The van der Waals surface area contributed by atoms with Crippen molar-refractivity contribution < 1.29 is 0 Å². The van der Waals surface area contributed by atoms with Crippen LogP contribution in [0.1, 0.15) is 6.42 Å². The minimum absolute atomic E-state index is 0.737. The second-order valence-corrected chi connectivity index (χ2v) is 4.73. The zero-order chi connectivity index (χ0) is 9.68. The lowest BCUT2D eigenvalue weighted by molar-refractivity contribution is 0.943. The molecule has 0 unspecified atom stereocenters. The van der Waals surface area contributed by atoms with Gasteiger partial charge >= 0.3 is 0 Å². The Hall–Kier alpha value is -0.190. The molecule has 0 radical (unpaired) electrons. The van der Waals surface area contributed by atoms with Gasteiger partial charge in [-0.15, -0.1) is 11.8 Å². The molecule has 0 amide bonds. The number of thioether (sulfide) groups is 1. The fourth-order valence-electron chi connectivity index (χ4n) is 0.899. The third-order valence-corrected chi connectivity index (χ3v) is 3.23. The molecule has 0 aliphatic rings. The highest BCUT2D eigenvalue weighted by atomic mass is 79.9. The number of nitrogen functional groups attached to an aromatic ring is 1. The number of nitrogens with two attached hydrogens (primary N) is 2. The molecule has 0 saturated carbocycles. The van der Waals surface area contributed by atoms with Crippen LogP contribution in [0.15, 0.2) is 27.6 Å². The first kappa shape index (κ1) is 10.9. The molecule has 0 aliphatic heterocycles. The van der Waals surface area contributed by atoms with Crippen molar-refractivity contribution in [2.45, 2.75) is 11.3 Å². The van der Waals surface area contributed by atoms with Crippen molar-refractivity contribution in [3.8, 4) is 0 Å². The van der Waals surface area contributed by atoms with Crippen LogP contribution in [0.4, 0.5) is 5.69 Å². The summed E-state index contributed by atoms with van der Waals surface area (Å²) in [5.41, 5.74) is 12.0. The standard InChI is InChI=1S/C9H13BrN2S/c10-7-2-3-8(12)9(6-7)13-5-1-4-11/h2-3,6H,1,4-5,11-12H2. The number of benzene rings is 1. The molecule has 13 heavy (non-hydrogen) atoms. The van der Waals surface area contributed by atoms with Gasteiger partial charge in [-0.2, -0.15) is 0 Å². The average molecular weight is 261 g/mol. The van der Waals surface area contributed by atoms with Crippen molar-refractivity contribution in [3.05, 3.63) is 22.7 Å². The second-order valence-electron chi connectivity index (χ2n) is 2.67. The van der Waals surface area contributed by atoms with Crippen molar-refractivity contribution in [1.29, 1.82) is 0 Å². The maximum atomic E-state index is 5.80. The van der Waals surface area contributed by atoms with E-state index in [9.17, 15) is 0 Å². The topological polar surface area (TPSA) is 52.0 Å². The maximum absolute atomic E-state index is 5.80. The molecule has 1 rings (SSSR count). The Morgan fingerprint density at radius 2 is 2.15 bits per heavy atom. The van der Waals surface area contributed by atoms with Gasteiger partial charge in [-0.25, -0.2) is 0 Å². The van der Waals surface area contributed by atoms with E-state index >= 15 is 0 Å². The summed E-state index contributed by atoms with van der Waals surface area (Å²) in [7, 11) is 0. The molecule has 0 bridgehead atoms. The molecule has 0 aromatic heterocycles. The minimum Gasteiger partial charge on any atom is -0.398 e. The zero-order valence-electron chi connectivity index (χ0n) is 7.29. The van der Waals surface area contributed by atoms with E-state index in [4.69, 9.17) is 11.5 Å². The van der Waals surface area contributed by atoms with Gasteiger partial charge in [-0.3, -0.25) is 0 Å². The van der Waals surface area contributed by atoms with Gasteiger partial charge in [0.15, 0.2) is 0 Å². The van der Waals surface area contributed by atoms with Crippen molar-refractivity contribution in [2.24, 2.45) is 5.73 Å². The van der Waals surface area contributed by atoms with E-state index in [1.807, 2.05) is 18.2 Å². The van der Waals surface area contributed by atoms with E-state index in [1.54, 1.807) is 11.8 Å². The molecule has 0 aliphatic carbocycles. The second kappa shape index (κ2) is 5.52. The van der Waals surface area contributed by atoms with Gasteiger partial charge in [-0.05, 0) is 36.9 Å². The highest BCUT2D eigenvalue weighted by molar-refractivity contribution is 9.10. The van der Waals surface area contributed by atoms with Crippen molar-refractivity contribution in [3.63, 3.8) is 0 Å². The molecule has 1 aromatic carbocycles. The van der Waals surface area contributed by atoms with Crippen LogP contribution in [0, 0.1) is 0 Å². The Morgan fingerprint density at radius 3 is 2.85 bits per heavy atom. The summed E-state index contributed by atoms with van der Waals surface area (Å²) in [6, 6.07) is 5.90. The molecule has 1 aromatic rings. The molecule has 0 spiro atoms. The zero-order valence-corrected chi connectivity index (χ0v) is 9.70. The Labute approximate surface area is 91.2 Å². The van der Waals surface area contributed by atoms with Crippen LogP contribution < -0.4 is 11.5 Å². The van der Waals surface area contributed by atoms with E-state index in [-0.39, 0.29) is 0 Å². The molecule has 0 atom stereocenters. The Kier molecular flexibility index (Phi) is 4.62. The summed E-state index contributed by atoms with van der Waals surface area (Å²) in [5.74, 6) is 1.02. The summed E-state index contributed by atoms with van der Waals surface area (Å²) >= 11 is 5.16. The van der Waals surface area contributed by atoms with Gasteiger partial charge in [0, 0.05) is 15.1 Å². The van der Waals surface area contributed by atoms with E-state index in [0.29, 0.717) is 0 Å². The highest BCUT2D eigenvalue weighted by Crippen LogP contribution is 2.28. The largest absolute Gasteiger partial charge is 0.398 e. The van der Waals surface area contributed by atoms with Gasteiger partial charge in [0.05, 0.1) is 0 Å². The first-order chi connectivity index (χ1) is 6.24. The molecule has 72 valence electrons. The van der Waals surface area contributed by atoms with Gasteiger partial charge in [0.2, 0.25) is 0 Å². The predicted molar refractivity (Wildman–Crippen MR) is 62.9 cm³/mol. The van der Waals surface area contributed by atoms with Gasteiger partial charge < -0.3 is 11.5 Å². The molecule has 4 N–H and O–H groups in total. The van der Waals surface area contributed by atoms with Crippen LogP contribution in [0.25, 0.3) is 0 Å². The van der Waals surface area contributed by atoms with Crippen molar-refractivity contribution in [2.75, 3.05) is 18.0 Å². The SMILES string of the molecule is NCCCSc1cc(Br)ccc1N. The number of hydrogen-bond donors (Lipinski definition) is 2. The van der Waals surface area contributed by atoms with E-state index in [1.165, 1.54) is 0 Å². The quantitative estimate of drug-likeness (QED) is 0.497. The first-order valence-electron chi connectivity index (χ1n) is 4.12. The fraction of sp³-hybridized carbons (Fsp3) is 0.333. The van der Waals surface area contributed by atoms with Crippen LogP contribution in [0.5, 0.6) is 0 Å². The number of halogens is 1. The average Bonchev–Trinajstić information content (AvgIpc) is 2.11. The van der Waals surface area contributed by atoms with E-state index in [0.717, 1.165) is 33.8 Å². The normalized spacial score (nSPS) is 10.3. The molecular formula is C9H13BrN2S. The summed E-state index contributed by atoms with van der Waals surface area (Å²) in [5, 5.41) is 0. The van der Waals surface area contributed by atoms with Crippen LogP contribution in [0.3, 0.4) is 0 Å². The van der Waals surface area contributed by atoms with E-state index < -0.39 is 0 Å². The smallest absolute Gasteiger partial charge is 0.0453 e. The van der Waals surface area contributed by atoms with Crippen molar-refractivity contribution in [1.82, 2.24) is 0 Å². The van der Waals surface area contributed by atoms with Crippen molar-refractivity contribution >= 4 is 33.4 Å². The lowest BCUT2D eigenvalue weighted by Gasteiger charge is -2.04. The van der Waals surface area contributed by atoms with Crippen LogP contribution in [-0.4, -0.2) is 12.3 Å².